The van der Waals surface area contributed by atoms with Gasteiger partial charge in [-0.2, -0.15) is 0 Å². The third-order valence-corrected chi connectivity index (χ3v) is 5.44. The molecule has 0 aliphatic heterocycles. The second-order valence-electron chi connectivity index (χ2n) is 6.86. The molecular weight excluding hydrogens is 438 g/mol. The topological polar surface area (TPSA) is 54.9 Å². The lowest BCUT2D eigenvalue weighted by molar-refractivity contribution is 0.0950. The standard InChI is InChI=1S/C25H20BrN3O/c26-21-14-12-19(13-15-21)23(29-25-27-16-7-17-28-25)22(18-8-3-1-4-9-18)24(30)20-10-5-2-6-11-20/h1-17,22-23H,(H,27,28,29)/t22-,23-/m0/s1. The molecule has 0 saturated carbocycles. The number of hydrogen-bond acceptors (Lipinski definition) is 4. The number of rotatable bonds is 7. The Morgan fingerprint density at radius 2 is 1.33 bits per heavy atom. The zero-order valence-electron chi connectivity index (χ0n) is 16.2. The maximum absolute atomic E-state index is 13.7. The van der Waals surface area contributed by atoms with Crippen LogP contribution in [-0.2, 0) is 0 Å². The highest BCUT2D eigenvalue weighted by Crippen LogP contribution is 2.36. The Bertz CT molecular complexity index is 1090. The predicted octanol–water partition coefficient (Wildman–Crippen LogP) is 6.06. The van der Waals surface area contributed by atoms with Gasteiger partial charge in [-0.25, -0.2) is 9.97 Å². The highest BCUT2D eigenvalue weighted by molar-refractivity contribution is 9.10. The molecule has 4 rings (SSSR count). The Kier molecular flexibility index (Phi) is 6.30. The van der Waals surface area contributed by atoms with Crippen LogP contribution in [0.2, 0.25) is 0 Å². The van der Waals surface area contributed by atoms with E-state index in [1.807, 2.05) is 84.9 Å². The molecule has 1 N–H and O–H groups in total. The summed E-state index contributed by atoms with van der Waals surface area (Å²) in [6.45, 7) is 0. The minimum atomic E-state index is -0.460. The molecule has 0 unspecified atom stereocenters. The van der Waals surface area contributed by atoms with Crippen molar-refractivity contribution in [3.63, 3.8) is 0 Å². The molecule has 3 aromatic carbocycles. The van der Waals surface area contributed by atoms with Crippen molar-refractivity contribution >= 4 is 27.7 Å². The first-order valence-corrected chi connectivity index (χ1v) is 10.4. The van der Waals surface area contributed by atoms with Gasteiger partial charge in [0.15, 0.2) is 5.78 Å². The van der Waals surface area contributed by atoms with Crippen LogP contribution >= 0.6 is 15.9 Å². The number of hydrogen-bond donors (Lipinski definition) is 1. The normalized spacial score (nSPS) is 12.7. The van der Waals surface area contributed by atoms with Crippen LogP contribution < -0.4 is 5.32 Å². The number of anilines is 1. The van der Waals surface area contributed by atoms with Crippen LogP contribution in [0, 0.1) is 0 Å². The van der Waals surface area contributed by atoms with Crippen LogP contribution in [0.25, 0.3) is 0 Å². The van der Waals surface area contributed by atoms with Gasteiger partial charge in [-0.15, -0.1) is 0 Å². The molecule has 0 saturated heterocycles. The predicted molar refractivity (Wildman–Crippen MR) is 122 cm³/mol. The highest BCUT2D eigenvalue weighted by Gasteiger charge is 2.32. The number of ketones is 1. The second-order valence-corrected chi connectivity index (χ2v) is 7.78. The third-order valence-electron chi connectivity index (χ3n) is 4.91. The molecular formula is C25H20BrN3O. The molecule has 1 aromatic heterocycles. The molecule has 0 aliphatic carbocycles. The molecule has 148 valence electrons. The summed E-state index contributed by atoms with van der Waals surface area (Å²) in [4.78, 5) is 22.4. The summed E-state index contributed by atoms with van der Waals surface area (Å²) in [5.74, 6) is 0.0592. The van der Waals surface area contributed by atoms with Gasteiger partial charge in [0, 0.05) is 22.4 Å². The zero-order valence-corrected chi connectivity index (χ0v) is 17.7. The van der Waals surface area contributed by atoms with Crippen molar-refractivity contribution in [1.82, 2.24) is 9.97 Å². The van der Waals surface area contributed by atoms with Crippen molar-refractivity contribution in [2.24, 2.45) is 0 Å². The molecule has 4 nitrogen and oxygen atoms in total. The van der Waals surface area contributed by atoms with Gasteiger partial charge < -0.3 is 5.32 Å². The average Bonchev–Trinajstić information content (AvgIpc) is 2.81. The Hall–Kier alpha value is -3.31. The van der Waals surface area contributed by atoms with Crippen molar-refractivity contribution in [3.8, 4) is 0 Å². The quantitative estimate of drug-likeness (QED) is 0.342. The number of benzene rings is 3. The Morgan fingerprint density at radius 3 is 1.97 bits per heavy atom. The maximum Gasteiger partial charge on any atom is 0.223 e. The highest BCUT2D eigenvalue weighted by atomic mass is 79.9. The number of nitrogens with zero attached hydrogens (tertiary/aromatic N) is 2. The molecule has 0 amide bonds. The fraction of sp³-hybridized carbons (Fsp3) is 0.0800. The number of nitrogens with one attached hydrogen (secondary N) is 1. The third kappa shape index (κ3) is 4.63. The van der Waals surface area contributed by atoms with Gasteiger partial charge in [0.1, 0.15) is 0 Å². The first kappa shape index (κ1) is 20.0. The fourth-order valence-electron chi connectivity index (χ4n) is 3.48. The molecule has 0 fully saturated rings. The van der Waals surface area contributed by atoms with Gasteiger partial charge in [-0.05, 0) is 29.3 Å². The largest absolute Gasteiger partial charge is 0.346 e. The lowest BCUT2D eigenvalue weighted by Gasteiger charge is -2.28. The van der Waals surface area contributed by atoms with E-state index < -0.39 is 5.92 Å². The molecule has 4 aromatic rings. The number of aromatic nitrogens is 2. The summed E-state index contributed by atoms with van der Waals surface area (Å²) in [7, 11) is 0. The summed E-state index contributed by atoms with van der Waals surface area (Å²) in [5, 5.41) is 3.41. The first-order valence-electron chi connectivity index (χ1n) is 9.65. The van der Waals surface area contributed by atoms with Crippen molar-refractivity contribution < 1.29 is 4.79 Å². The number of Topliss-reactive ketones (excluding diaryl/α,β-unsaturated/α-hetero) is 1. The summed E-state index contributed by atoms with van der Waals surface area (Å²) in [6.07, 6.45) is 3.37. The SMILES string of the molecule is O=C(c1ccccc1)[C@@H](c1ccccc1)[C@@H](Nc1ncccn1)c1ccc(Br)cc1. The molecule has 0 spiro atoms. The van der Waals surface area contributed by atoms with Gasteiger partial charge in [0.2, 0.25) is 5.95 Å². The summed E-state index contributed by atoms with van der Waals surface area (Å²) in [6, 6.07) is 28.6. The molecule has 0 aliphatic rings. The van der Waals surface area contributed by atoms with Crippen LogP contribution in [-0.4, -0.2) is 15.8 Å². The number of carbonyl (C=O) groups excluding carboxylic acids is 1. The summed E-state index contributed by atoms with van der Waals surface area (Å²) >= 11 is 3.50. The van der Waals surface area contributed by atoms with Gasteiger partial charge in [0.05, 0.1) is 12.0 Å². The number of carbonyl (C=O) groups is 1. The van der Waals surface area contributed by atoms with E-state index in [-0.39, 0.29) is 11.8 Å². The van der Waals surface area contributed by atoms with Crippen molar-refractivity contribution in [3.05, 3.63) is 125 Å². The van der Waals surface area contributed by atoms with Gasteiger partial charge >= 0.3 is 0 Å². The van der Waals surface area contributed by atoms with Crippen LogP contribution in [0.5, 0.6) is 0 Å². The van der Waals surface area contributed by atoms with E-state index in [1.54, 1.807) is 18.5 Å². The van der Waals surface area contributed by atoms with E-state index in [0.717, 1.165) is 15.6 Å². The minimum Gasteiger partial charge on any atom is -0.346 e. The summed E-state index contributed by atoms with van der Waals surface area (Å²) in [5.41, 5.74) is 2.58. The molecule has 30 heavy (non-hydrogen) atoms. The molecule has 2 atom stereocenters. The molecule has 0 radical (unpaired) electrons. The average molecular weight is 458 g/mol. The molecule has 5 heteroatoms. The fourth-order valence-corrected chi connectivity index (χ4v) is 3.74. The Morgan fingerprint density at radius 1 is 0.733 bits per heavy atom. The van der Waals surface area contributed by atoms with E-state index >= 15 is 0 Å². The monoisotopic (exact) mass is 457 g/mol. The van der Waals surface area contributed by atoms with E-state index in [1.165, 1.54) is 0 Å². The van der Waals surface area contributed by atoms with Gasteiger partial charge in [-0.1, -0.05) is 88.7 Å². The van der Waals surface area contributed by atoms with Crippen LogP contribution in [0.15, 0.2) is 108 Å². The smallest absolute Gasteiger partial charge is 0.223 e. The molecule has 1 heterocycles. The lowest BCUT2D eigenvalue weighted by Crippen LogP contribution is -2.27. The Labute approximate surface area is 184 Å². The molecule has 0 bridgehead atoms. The van der Waals surface area contributed by atoms with E-state index in [4.69, 9.17) is 0 Å². The van der Waals surface area contributed by atoms with Gasteiger partial charge in [-0.3, -0.25) is 4.79 Å². The van der Waals surface area contributed by atoms with Gasteiger partial charge in [0.25, 0.3) is 0 Å². The van der Waals surface area contributed by atoms with Crippen molar-refractivity contribution in [1.29, 1.82) is 0 Å². The van der Waals surface area contributed by atoms with Crippen molar-refractivity contribution in [2.45, 2.75) is 12.0 Å². The maximum atomic E-state index is 13.7. The minimum absolute atomic E-state index is 0.0400. The van der Waals surface area contributed by atoms with Crippen LogP contribution in [0.4, 0.5) is 5.95 Å². The Balaban J connectivity index is 1.83. The zero-order chi connectivity index (χ0) is 20.8. The first-order chi connectivity index (χ1) is 14.7. The van der Waals surface area contributed by atoms with E-state index in [0.29, 0.717) is 11.5 Å². The second kappa shape index (κ2) is 9.46. The van der Waals surface area contributed by atoms with E-state index in [9.17, 15) is 4.79 Å². The number of halogens is 1. The van der Waals surface area contributed by atoms with E-state index in [2.05, 4.69) is 31.2 Å². The van der Waals surface area contributed by atoms with Crippen LogP contribution in [0.3, 0.4) is 0 Å². The summed E-state index contributed by atoms with van der Waals surface area (Å²) < 4.78 is 0.978. The van der Waals surface area contributed by atoms with Crippen molar-refractivity contribution in [2.75, 3.05) is 5.32 Å². The lowest BCUT2D eigenvalue weighted by atomic mass is 9.81. The van der Waals surface area contributed by atoms with Crippen LogP contribution in [0.1, 0.15) is 33.4 Å².